The molecule has 2 N–H and O–H groups in total. The molecule has 0 fully saturated rings. The van der Waals surface area contributed by atoms with Gasteiger partial charge in [0.2, 0.25) is 0 Å². The number of nitrogens with one attached hydrogen (secondary N) is 2. The van der Waals surface area contributed by atoms with Crippen LogP contribution < -0.4 is 10.2 Å². The molecule has 0 unspecified atom stereocenters. The van der Waals surface area contributed by atoms with E-state index in [2.05, 4.69) is 15.2 Å². The smallest absolute Gasteiger partial charge is 0.259 e. The molecule has 2 amide bonds. The number of hydrogen-bond donors (Lipinski definition) is 2. The summed E-state index contributed by atoms with van der Waals surface area (Å²) >= 11 is 6.28. The van der Waals surface area contributed by atoms with Crippen molar-refractivity contribution in [3.05, 3.63) is 51.3 Å². The Morgan fingerprint density at radius 3 is 2.52 bits per heavy atom. The molecule has 2 aromatic rings. The number of nitrogens with zero attached hydrogens (tertiary/aromatic N) is 3. The first-order chi connectivity index (χ1) is 15.6. The van der Waals surface area contributed by atoms with E-state index in [1.54, 1.807) is 0 Å². The number of aromatic amines is 1. The normalized spacial score (nSPS) is 14.6. The van der Waals surface area contributed by atoms with Crippen LogP contribution in [0.15, 0.2) is 18.2 Å². The lowest BCUT2D eigenvalue weighted by atomic mass is 10.0. The third-order valence-electron chi connectivity index (χ3n) is 5.84. The number of aryl methyl sites for hydroxylation is 1. The zero-order chi connectivity index (χ0) is 24.3. The molecular weight excluding hydrogens is 438 g/mol. The summed E-state index contributed by atoms with van der Waals surface area (Å²) in [4.78, 5) is 35.4. The van der Waals surface area contributed by atoms with Crippen LogP contribution in [0.5, 0.6) is 0 Å². The molecule has 0 bridgehead atoms. The van der Waals surface area contributed by atoms with Gasteiger partial charge in [0, 0.05) is 41.6 Å². The van der Waals surface area contributed by atoms with Gasteiger partial charge in [0.25, 0.3) is 11.8 Å². The first-order valence-corrected chi connectivity index (χ1v) is 11.6. The number of halogens is 1. The van der Waals surface area contributed by atoms with Crippen molar-refractivity contribution in [2.24, 2.45) is 0 Å². The van der Waals surface area contributed by atoms with Gasteiger partial charge in [0.05, 0.1) is 16.8 Å². The third kappa shape index (κ3) is 5.66. The van der Waals surface area contributed by atoms with Crippen LogP contribution in [0.3, 0.4) is 0 Å². The number of anilines is 1. The van der Waals surface area contributed by atoms with E-state index in [9.17, 15) is 9.59 Å². The maximum absolute atomic E-state index is 13.4. The van der Waals surface area contributed by atoms with Crippen LogP contribution >= 0.6 is 11.6 Å². The molecule has 33 heavy (non-hydrogen) atoms. The van der Waals surface area contributed by atoms with Gasteiger partial charge >= 0.3 is 0 Å². The highest BCUT2D eigenvalue weighted by Crippen LogP contribution is 2.39. The van der Waals surface area contributed by atoms with Crippen molar-refractivity contribution in [2.45, 2.75) is 20.3 Å². The second-order valence-electron chi connectivity index (χ2n) is 9.06. The van der Waals surface area contributed by atoms with Crippen molar-refractivity contribution in [3.8, 4) is 0 Å². The molecule has 178 valence electrons. The summed E-state index contributed by atoms with van der Waals surface area (Å²) in [5, 5.41) is 3.56. The number of aromatic nitrogens is 1. The summed E-state index contributed by atoms with van der Waals surface area (Å²) in [6.45, 7) is 6.65. The van der Waals surface area contributed by atoms with E-state index in [-0.39, 0.29) is 11.8 Å². The molecule has 0 saturated carbocycles. The van der Waals surface area contributed by atoms with Crippen LogP contribution in [0.2, 0.25) is 5.02 Å². The van der Waals surface area contributed by atoms with Crippen molar-refractivity contribution >= 4 is 40.8 Å². The predicted octanol–water partition coefficient (Wildman–Crippen LogP) is 3.42. The third-order valence-corrected chi connectivity index (χ3v) is 6.07. The van der Waals surface area contributed by atoms with Gasteiger partial charge in [0.1, 0.15) is 0 Å². The first-order valence-electron chi connectivity index (χ1n) is 11.2. The highest BCUT2D eigenvalue weighted by molar-refractivity contribution is 6.37. The van der Waals surface area contributed by atoms with Crippen molar-refractivity contribution in [1.29, 1.82) is 0 Å². The Morgan fingerprint density at radius 2 is 1.85 bits per heavy atom. The van der Waals surface area contributed by atoms with Gasteiger partial charge < -0.3 is 25.0 Å². The fourth-order valence-electron chi connectivity index (χ4n) is 4.12. The van der Waals surface area contributed by atoms with Crippen molar-refractivity contribution in [2.75, 3.05) is 59.3 Å². The molecule has 0 saturated heterocycles. The SMILES string of the molecule is Cc1[nH]c(/C=C2\C(=O)N(CCCN(C)C)c3ccc(Cl)cc32)c(C)c1C(=O)NCCN(C)C. The number of amides is 2. The number of hydrogen-bond acceptors (Lipinski definition) is 4. The van der Waals surface area contributed by atoms with Gasteiger partial charge in [-0.2, -0.15) is 0 Å². The number of carbonyl (C=O) groups is 2. The van der Waals surface area contributed by atoms with Gasteiger partial charge in [-0.3, -0.25) is 9.59 Å². The lowest BCUT2D eigenvalue weighted by molar-refractivity contribution is -0.113. The maximum Gasteiger partial charge on any atom is 0.259 e. The van der Waals surface area contributed by atoms with E-state index >= 15 is 0 Å². The summed E-state index contributed by atoms with van der Waals surface area (Å²) in [6.07, 6.45) is 2.72. The summed E-state index contributed by atoms with van der Waals surface area (Å²) < 4.78 is 0. The highest BCUT2D eigenvalue weighted by atomic mass is 35.5. The molecule has 2 heterocycles. The Morgan fingerprint density at radius 1 is 1.15 bits per heavy atom. The van der Waals surface area contributed by atoms with Crippen LogP contribution in [0.25, 0.3) is 11.6 Å². The van der Waals surface area contributed by atoms with E-state index in [1.165, 1.54) is 0 Å². The minimum Gasteiger partial charge on any atom is -0.358 e. The average Bonchev–Trinajstić information content (AvgIpc) is 3.15. The van der Waals surface area contributed by atoms with Crippen molar-refractivity contribution in [1.82, 2.24) is 20.1 Å². The second-order valence-corrected chi connectivity index (χ2v) is 9.49. The van der Waals surface area contributed by atoms with Gasteiger partial charge in [-0.25, -0.2) is 0 Å². The number of benzene rings is 1. The topological polar surface area (TPSA) is 71.7 Å². The van der Waals surface area contributed by atoms with Gasteiger partial charge in [-0.1, -0.05) is 11.6 Å². The molecular formula is C25H34ClN5O2. The number of fused-ring (bicyclic) bond motifs is 1. The second kappa shape index (κ2) is 10.5. The molecule has 3 rings (SSSR count). The Balaban J connectivity index is 1.92. The molecule has 0 radical (unpaired) electrons. The number of likely N-dealkylation sites (N-methyl/N-ethyl adjacent to an activating group) is 1. The lowest BCUT2D eigenvalue weighted by Crippen LogP contribution is -2.31. The molecule has 1 aliphatic rings. The monoisotopic (exact) mass is 471 g/mol. The average molecular weight is 472 g/mol. The summed E-state index contributed by atoms with van der Waals surface area (Å²) in [7, 11) is 7.98. The molecule has 8 heteroatoms. The van der Waals surface area contributed by atoms with Crippen LogP contribution in [-0.4, -0.2) is 81.0 Å². The summed E-state index contributed by atoms with van der Waals surface area (Å²) in [5.41, 5.74) is 5.26. The highest BCUT2D eigenvalue weighted by Gasteiger charge is 2.32. The van der Waals surface area contributed by atoms with E-state index < -0.39 is 0 Å². The zero-order valence-corrected chi connectivity index (χ0v) is 21.1. The quantitative estimate of drug-likeness (QED) is 0.550. The standard InChI is InChI=1S/C25H34ClN5O2/c1-16-21(28-17(2)23(16)24(32)27-10-13-30(5)6)15-20-19-14-18(26)8-9-22(19)31(25(20)33)12-7-11-29(3)4/h8-9,14-15,28H,7,10-13H2,1-6H3,(H,27,32)/b20-15-. The van der Waals surface area contributed by atoms with Crippen LogP contribution in [-0.2, 0) is 4.79 Å². The molecule has 0 atom stereocenters. The molecule has 7 nitrogen and oxygen atoms in total. The van der Waals surface area contributed by atoms with E-state index in [4.69, 9.17) is 11.6 Å². The fourth-order valence-corrected chi connectivity index (χ4v) is 4.29. The summed E-state index contributed by atoms with van der Waals surface area (Å²) in [5.74, 6) is -0.158. The zero-order valence-electron chi connectivity index (χ0n) is 20.4. The Bertz CT molecular complexity index is 1070. The molecule has 1 aromatic heterocycles. The van der Waals surface area contributed by atoms with Crippen LogP contribution in [0.4, 0.5) is 5.69 Å². The van der Waals surface area contributed by atoms with E-state index in [1.807, 2.05) is 76.1 Å². The maximum atomic E-state index is 13.4. The van der Waals surface area contributed by atoms with E-state index in [0.29, 0.717) is 29.2 Å². The number of H-pyrrole nitrogens is 1. The van der Waals surface area contributed by atoms with Crippen LogP contribution in [0.1, 0.15) is 39.3 Å². The van der Waals surface area contributed by atoms with Gasteiger partial charge in [-0.15, -0.1) is 0 Å². The molecule has 1 aromatic carbocycles. The fraction of sp³-hybridized carbons (Fsp3) is 0.440. The first kappa shape index (κ1) is 25.0. The molecule has 1 aliphatic heterocycles. The van der Waals surface area contributed by atoms with Crippen molar-refractivity contribution in [3.63, 3.8) is 0 Å². The molecule has 0 aliphatic carbocycles. The Labute approximate surface area is 201 Å². The summed E-state index contributed by atoms with van der Waals surface area (Å²) in [6, 6.07) is 5.56. The predicted molar refractivity (Wildman–Crippen MR) is 136 cm³/mol. The van der Waals surface area contributed by atoms with Crippen molar-refractivity contribution < 1.29 is 9.59 Å². The van der Waals surface area contributed by atoms with E-state index in [0.717, 1.165) is 47.7 Å². The Kier molecular flexibility index (Phi) is 8.00. The number of rotatable bonds is 9. The lowest BCUT2D eigenvalue weighted by Gasteiger charge is -2.18. The minimum absolute atomic E-state index is 0.0466. The van der Waals surface area contributed by atoms with Gasteiger partial charge in [0.15, 0.2) is 0 Å². The van der Waals surface area contributed by atoms with Crippen LogP contribution in [0, 0.1) is 13.8 Å². The minimum atomic E-state index is -0.112. The Hall–Kier alpha value is -2.61. The molecule has 0 spiro atoms. The largest absolute Gasteiger partial charge is 0.358 e. The number of carbonyl (C=O) groups excluding carboxylic acids is 2. The van der Waals surface area contributed by atoms with Gasteiger partial charge in [-0.05, 0) is 84.8 Å².